The number of benzene rings is 1. The SMILES string of the molecule is Cc1ccccc1-c1nc(CSCC(=O)N2CCCC2)c(C)o1. The van der Waals surface area contributed by atoms with E-state index in [9.17, 15) is 4.79 Å². The topological polar surface area (TPSA) is 46.3 Å². The van der Waals surface area contributed by atoms with E-state index in [0.29, 0.717) is 17.4 Å². The van der Waals surface area contributed by atoms with Gasteiger partial charge in [-0.05, 0) is 38.3 Å². The zero-order valence-corrected chi connectivity index (χ0v) is 14.5. The second-order valence-electron chi connectivity index (χ2n) is 5.92. The third-order valence-corrected chi connectivity index (χ3v) is 5.12. The van der Waals surface area contributed by atoms with Crippen LogP contribution in [0.4, 0.5) is 0 Å². The molecular formula is C18H22N2O2S. The predicted octanol–water partition coefficient (Wildman–Crippen LogP) is 3.81. The Morgan fingerprint density at radius 2 is 2.00 bits per heavy atom. The first-order valence-corrected chi connectivity index (χ1v) is 9.18. The maximum Gasteiger partial charge on any atom is 0.232 e. The van der Waals surface area contributed by atoms with Gasteiger partial charge in [-0.25, -0.2) is 4.98 Å². The van der Waals surface area contributed by atoms with Gasteiger partial charge in [-0.2, -0.15) is 0 Å². The van der Waals surface area contributed by atoms with Crippen molar-refractivity contribution < 1.29 is 9.21 Å². The minimum absolute atomic E-state index is 0.243. The number of hydrogen-bond acceptors (Lipinski definition) is 4. The molecule has 2 aromatic rings. The van der Waals surface area contributed by atoms with E-state index in [1.165, 1.54) is 0 Å². The number of carbonyl (C=O) groups excluding carboxylic acids is 1. The number of likely N-dealkylation sites (tertiary alicyclic amines) is 1. The van der Waals surface area contributed by atoms with E-state index in [-0.39, 0.29) is 5.91 Å². The zero-order valence-electron chi connectivity index (χ0n) is 13.7. The summed E-state index contributed by atoms with van der Waals surface area (Å²) in [6, 6.07) is 8.08. The minimum Gasteiger partial charge on any atom is -0.441 e. The average Bonchev–Trinajstić information content (AvgIpc) is 3.18. The Hall–Kier alpha value is -1.75. The second kappa shape index (κ2) is 7.21. The van der Waals surface area contributed by atoms with Crippen molar-refractivity contribution in [3.63, 3.8) is 0 Å². The van der Waals surface area contributed by atoms with Gasteiger partial charge in [0.15, 0.2) is 0 Å². The van der Waals surface area contributed by atoms with E-state index in [1.807, 2.05) is 30.0 Å². The molecule has 122 valence electrons. The number of amides is 1. The van der Waals surface area contributed by atoms with Crippen LogP contribution in [0.3, 0.4) is 0 Å². The van der Waals surface area contributed by atoms with Crippen LogP contribution in [0.25, 0.3) is 11.5 Å². The molecule has 1 saturated heterocycles. The fraction of sp³-hybridized carbons (Fsp3) is 0.444. The van der Waals surface area contributed by atoms with Gasteiger partial charge in [-0.1, -0.05) is 18.2 Å². The van der Waals surface area contributed by atoms with Crippen molar-refractivity contribution in [2.45, 2.75) is 32.4 Å². The highest BCUT2D eigenvalue weighted by molar-refractivity contribution is 7.99. The van der Waals surface area contributed by atoms with E-state index < -0.39 is 0 Å². The van der Waals surface area contributed by atoms with Crippen LogP contribution in [-0.2, 0) is 10.5 Å². The maximum absolute atomic E-state index is 12.1. The van der Waals surface area contributed by atoms with Crippen LogP contribution in [0.2, 0.25) is 0 Å². The molecule has 1 aromatic carbocycles. The van der Waals surface area contributed by atoms with Gasteiger partial charge in [0.1, 0.15) is 5.76 Å². The van der Waals surface area contributed by atoms with E-state index in [1.54, 1.807) is 11.8 Å². The Balaban J connectivity index is 1.61. The van der Waals surface area contributed by atoms with E-state index in [2.05, 4.69) is 18.0 Å². The van der Waals surface area contributed by atoms with Gasteiger partial charge in [0.25, 0.3) is 0 Å². The highest BCUT2D eigenvalue weighted by atomic mass is 32.2. The summed E-state index contributed by atoms with van der Waals surface area (Å²) < 4.78 is 5.82. The summed E-state index contributed by atoms with van der Waals surface area (Å²) in [6.45, 7) is 5.82. The minimum atomic E-state index is 0.243. The second-order valence-corrected chi connectivity index (χ2v) is 6.90. The number of hydrogen-bond donors (Lipinski definition) is 0. The fourth-order valence-corrected chi connectivity index (χ4v) is 3.70. The van der Waals surface area contributed by atoms with Gasteiger partial charge in [0, 0.05) is 24.4 Å². The summed E-state index contributed by atoms with van der Waals surface area (Å²) in [6.07, 6.45) is 2.27. The molecule has 1 aliphatic heterocycles. The third-order valence-electron chi connectivity index (χ3n) is 4.19. The summed E-state index contributed by atoms with van der Waals surface area (Å²) in [5, 5.41) is 0. The number of oxazole rings is 1. The van der Waals surface area contributed by atoms with Crippen molar-refractivity contribution in [2.75, 3.05) is 18.8 Å². The largest absolute Gasteiger partial charge is 0.441 e. The maximum atomic E-state index is 12.1. The lowest BCUT2D eigenvalue weighted by atomic mass is 10.1. The Morgan fingerprint density at radius 3 is 2.74 bits per heavy atom. The average molecular weight is 330 g/mol. The Bertz CT molecular complexity index is 690. The van der Waals surface area contributed by atoms with E-state index in [4.69, 9.17) is 4.42 Å². The van der Waals surface area contributed by atoms with Crippen LogP contribution in [0.1, 0.15) is 29.9 Å². The predicted molar refractivity (Wildman–Crippen MR) is 93.4 cm³/mol. The lowest BCUT2D eigenvalue weighted by Crippen LogP contribution is -2.29. The first kappa shape index (κ1) is 16.1. The third kappa shape index (κ3) is 3.78. The van der Waals surface area contributed by atoms with Gasteiger partial charge in [0.2, 0.25) is 11.8 Å². The molecule has 0 aliphatic carbocycles. The molecule has 0 spiro atoms. The van der Waals surface area contributed by atoms with Crippen molar-refractivity contribution in [2.24, 2.45) is 0 Å². The van der Waals surface area contributed by atoms with E-state index >= 15 is 0 Å². The molecule has 2 heterocycles. The quantitative estimate of drug-likeness (QED) is 0.836. The Kier molecular flexibility index (Phi) is 5.06. The van der Waals surface area contributed by atoms with Crippen LogP contribution in [-0.4, -0.2) is 34.6 Å². The molecule has 5 heteroatoms. The number of carbonyl (C=O) groups is 1. The molecule has 0 bridgehead atoms. The molecule has 0 saturated carbocycles. The molecule has 3 rings (SSSR count). The molecule has 23 heavy (non-hydrogen) atoms. The standard InChI is InChI=1S/C18H22N2O2S/c1-13-7-3-4-8-15(13)18-19-16(14(2)22-18)11-23-12-17(21)20-9-5-6-10-20/h3-4,7-8H,5-6,9-12H2,1-2H3. The fourth-order valence-electron chi connectivity index (χ4n) is 2.78. The van der Waals surface area contributed by atoms with Crippen molar-refractivity contribution in [1.82, 2.24) is 9.88 Å². The summed E-state index contributed by atoms with van der Waals surface area (Å²) in [5.74, 6) is 2.98. The van der Waals surface area contributed by atoms with Crippen molar-refractivity contribution >= 4 is 17.7 Å². The molecule has 0 N–H and O–H groups in total. The first-order chi connectivity index (χ1) is 11.1. The summed E-state index contributed by atoms with van der Waals surface area (Å²) >= 11 is 1.61. The Labute approximate surface area is 141 Å². The highest BCUT2D eigenvalue weighted by Gasteiger charge is 2.18. The van der Waals surface area contributed by atoms with Crippen LogP contribution in [0, 0.1) is 13.8 Å². The Morgan fingerprint density at radius 1 is 1.26 bits per heavy atom. The van der Waals surface area contributed by atoms with Crippen LogP contribution in [0.5, 0.6) is 0 Å². The number of aryl methyl sites for hydroxylation is 2. The highest BCUT2D eigenvalue weighted by Crippen LogP contribution is 2.26. The monoisotopic (exact) mass is 330 g/mol. The summed E-state index contributed by atoms with van der Waals surface area (Å²) in [4.78, 5) is 18.6. The molecule has 1 fully saturated rings. The number of aromatic nitrogens is 1. The number of thioether (sulfide) groups is 1. The van der Waals surface area contributed by atoms with Crippen LogP contribution < -0.4 is 0 Å². The molecule has 0 radical (unpaired) electrons. The first-order valence-electron chi connectivity index (χ1n) is 8.03. The smallest absolute Gasteiger partial charge is 0.232 e. The molecule has 4 nitrogen and oxygen atoms in total. The normalized spacial score (nSPS) is 14.4. The molecule has 0 unspecified atom stereocenters. The van der Waals surface area contributed by atoms with Crippen molar-refractivity contribution in [1.29, 1.82) is 0 Å². The van der Waals surface area contributed by atoms with Crippen LogP contribution in [0.15, 0.2) is 28.7 Å². The van der Waals surface area contributed by atoms with E-state index in [0.717, 1.165) is 48.5 Å². The van der Waals surface area contributed by atoms with Gasteiger partial charge in [-0.15, -0.1) is 11.8 Å². The molecule has 0 atom stereocenters. The molecule has 1 aromatic heterocycles. The van der Waals surface area contributed by atoms with Gasteiger partial charge in [0.05, 0.1) is 11.4 Å². The van der Waals surface area contributed by atoms with Gasteiger partial charge >= 0.3 is 0 Å². The van der Waals surface area contributed by atoms with Crippen molar-refractivity contribution in [3.05, 3.63) is 41.3 Å². The molecular weight excluding hydrogens is 308 g/mol. The molecule has 1 amide bonds. The summed E-state index contributed by atoms with van der Waals surface area (Å²) in [7, 11) is 0. The number of rotatable bonds is 5. The van der Waals surface area contributed by atoms with Crippen LogP contribution >= 0.6 is 11.8 Å². The zero-order chi connectivity index (χ0) is 16.2. The lowest BCUT2D eigenvalue weighted by Gasteiger charge is -2.14. The lowest BCUT2D eigenvalue weighted by molar-refractivity contribution is -0.127. The molecule has 1 aliphatic rings. The summed E-state index contributed by atoms with van der Waals surface area (Å²) in [5.41, 5.74) is 3.11. The van der Waals surface area contributed by atoms with Gasteiger partial charge in [-0.3, -0.25) is 4.79 Å². The van der Waals surface area contributed by atoms with Gasteiger partial charge < -0.3 is 9.32 Å². The van der Waals surface area contributed by atoms with Crippen molar-refractivity contribution in [3.8, 4) is 11.5 Å². The number of nitrogens with zero attached hydrogens (tertiary/aromatic N) is 2.